The minimum atomic E-state index is -1.07. The third-order valence-corrected chi connectivity index (χ3v) is 3.46. The van der Waals surface area contributed by atoms with E-state index in [9.17, 15) is 9.59 Å². The molecule has 0 heterocycles. The van der Waals surface area contributed by atoms with Gasteiger partial charge in [-0.05, 0) is 44.4 Å². The van der Waals surface area contributed by atoms with Gasteiger partial charge in [0.2, 0.25) is 0 Å². The number of hydrogen-bond donors (Lipinski definition) is 2. The fourth-order valence-corrected chi connectivity index (χ4v) is 2.37. The number of ether oxygens (including phenoxy) is 2. The average molecular weight is 319 g/mol. The van der Waals surface area contributed by atoms with Crippen molar-refractivity contribution in [2.75, 3.05) is 13.2 Å². The number of aliphatic carboxylic acids is 1. The molecule has 0 saturated heterocycles. The van der Waals surface area contributed by atoms with E-state index in [1.165, 1.54) is 0 Å². The number of rotatable bonds is 7. The van der Waals surface area contributed by atoms with Gasteiger partial charge in [-0.1, -0.05) is 12.2 Å². The summed E-state index contributed by atoms with van der Waals surface area (Å²) in [5.41, 5.74) is 0.464. The molecule has 2 rings (SSSR count). The molecule has 0 saturated carbocycles. The normalized spacial score (nSPS) is 16.7. The molecule has 2 N–H and O–H groups in total. The summed E-state index contributed by atoms with van der Waals surface area (Å²) in [6.45, 7) is 1.74. The first-order valence-electron chi connectivity index (χ1n) is 7.67. The molecule has 1 aliphatic carbocycles. The van der Waals surface area contributed by atoms with Gasteiger partial charge in [0.15, 0.2) is 18.1 Å². The van der Waals surface area contributed by atoms with Gasteiger partial charge in [-0.2, -0.15) is 0 Å². The maximum absolute atomic E-state index is 12.3. The molecule has 0 aromatic heterocycles. The largest absolute Gasteiger partial charge is 0.490 e. The van der Waals surface area contributed by atoms with E-state index >= 15 is 0 Å². The highest BCUT2D eigenvalue weighted by Gasteiger charge is 2.16. The lowest BCUT2D eigenvalue weighted by molar-refractivity contribution is -0.139. The van der Waals surface area contributed by atoms with Crippen molar-refractivity contribution in [2.24, 2.45) is 0 Å². The van der Waals surface area contributed by atoms with Crippen molar-refractivity contribution >= 4 is 11.9 Å². The van der Waals surface area contributed by atoms with Crippen LogP contribution in [0.3, 0.4) is 0 Å². The number of carbonyl (C=O) groups is 2. The van der Waals surface area contributed by atoms with Crippen molar-refractivity contribution in [1.82, 2.24) is 5.32 Å². The van der Waals surface area contributed by atoms with Gasteiger partial charge < -0.3 is 19.9 Å². The van der Waals surface area contributed by atoms with Crippen LogP contribution in [0.15, 0.2) is 30.4 Å². The van der Waals surface area contributed by atoms with Gasteiger partial charge in [0.1, 0.15) is 0 Å². The van der Waals surface area contributed by atoms with Crippen LogP contribution in [0.4, 0.5) is 0 Å². The summed E-state index contributed by atoms with van der Waals surface area (Å²) >= 11 is 0. The van der Waals surface area contributed by atoms with Crippen molar-refractivity contribution in [3.63, 3.8) is 0 Å². The van der Waals surface area contributed by atoms with Gasteiger partial charge in [-0.25, -0.2) is 4.79 Å². The van der Waals surface area contributed by atoms with E-state index in [0.29, 0.717) is 23.7 Å². The second-order valence-electron chi connectivity index (χ2n) is 5.23. The molecule has 1 aliphatic rings. The summed E-state index contributed by atoms with van der Waals surface area (Å²) in [7, 11) is 0. The van der Waals surface area contributed by atoms with Crippen molar-refractivity contribution in [1.29, 1.82) is 0 Å². The van der Waals surface area contributed by atoms with Gasteiger partial charge in [-0.15, -0.1) is 0 Å². The van der Waals surface area contributed by atoms with E-state index in [4.69, 9.17) is 14.6 Å². The molecule has 1 aromatic carbocycles. The predicted octanol–water partition coefficient (Wildman–Crippen LogP) is 2.39. The first-order valence-corrected chi connectivity index (χ1v) is 7.67. The van der Waals surface area contributed by atoms with Crippen molar-refractivity contribution < 1.29 is 24.2 Å². The van der Waals surface area contributed by atoms with Crippen molar-refractivity contribution in [2.45, 2.75) is 32.2 Å². The minimum Gasteiger partial charge on any atom is -0.490 e. The third kappa shape index (κ3) is 5.02. The lowest BCUT2D eigenvalue weighted by Crippen LogP contribution is -2.35. The summed E-state index contributed by atoms with van der Waals surface area (Å²) in [5, 5.41) is 11.7. The molecule has 1 atom stereocenters. The van der Waals surface area contributed by atoms with Gasteiger partial charge in [0, 0.05) is 11.6 Å². The Labute approximate surface area is 135 Å². The molecule has 0 spiro atoms. The molecule has 1 aromatic rings. The maximum atomic E-state index is 12.3. The van der Waals surface area contributed by atoms with Crippen LogP contribution in [-0.4, -0.2) is 36.2 Å². The second-order valence-corrected chi connectivity index (χ2v) is 5.23. The van der Waals surface area contributed by atoms with E-state index < -0.39 is 12.6 Å². The molecule has 0 aliphatic heterocycles. The molecule has 0 bridgehead atoms. The molecule has 1 unspecified atom stereocenters. The summed E-state index contributed by atoms with van der Waals surface area (Å²) in [5.74, 6) is -0.563. The zero-order chi connectivity index (χ0) is 16.7. The lowest BCUT2D eigenvalue weighted by atomic mass is 10.0. The van der Waals surface area contributed by atoms with Crippen LogP contribution in [0.5, 0.6) is 11.5 Å². The molecule has 6 heteroatoms. The van der Waals surface area contributed by atoms with E-state index in [2.05, 4.69) is 17.5 Å². The van der Waals surface area contributed by atoms with E-state index in [1.54, 1.807) is 18.2 Å². The standard InChI is InChI=1S/C17H21NO5/c1-2-22-15-10-12(8-9-14(15)23-11-16(19)20)17(21)18-13-6-4-3-5-7-13/h3-4,8-10,13H,2,5-7,11H2,1H3,(H,18,21)(H,19,20). The Kier molecular flexibility index (Phi) is 6.02. The van der Waals surface area contributed by atoms with E-state index in [1.807, 2.05) is 6.92 Å². The predicted molar refractivity (Wildman–Crippen MR) is 85.0 cm³/mol. The van der Waals surface area contributed by atoms with E-state index in [-0.39, 0.29) is 11.9 Å². The number of hydrogen-bond acceptors (Lipinski definition) is 4. The van der Waals surface area contributed by atoms with Gasteiger partial charge in [-0.3, -0.25) is 4.79 Å². The highest BCUT2D eigenvalue weighted by Crippen LogP contribution is 2.28. The monoisotopic (exact) mass is 319 g/mol. The zero-order valence-electron chi connectivity index (χ0n) is 13.1. The molecular formula is C17H21NO5. The number of carbonyl (C=O) groups excluding carboxylic acids is 1. The van der Waals surface area contributed by atoms with Gasteiger partial charge in [0.05, 0.1) is 6.61 Å². The highest BCUT2D eigenvalue weighted by molar-refractivity contribution is 5.95. The summed E-state index contributed by atoms with van der Waals surface area (Å²) < 4.78 is 10.6. The highest BCUT2D eigenvalue weighted by atomic mass is 16.5. The zero-order valence-corrected chi connectivity index (χ0v) is 13.1. The number of allylic oxidation sites excluding steroid dienone is 1. The molecule has 6 nitrogen and oxygen atoms in total. The smallest absolute Gasteiger partial charge is 0.341 e. The summed E-state index contributed by atoms with van der Waals surface area (Å²) in [6.07, 6.45) is 6.93. The second kappa shape index (κ2) is 8.22. The summed E-state index contributed by atoms with van der Waals surface area (Å²) in [4.78, 5) is 22.9. The molecule has 124 valence electrons. The van der Waals surface area contributed by atoms with Crippen LogP contribution in [0, 0.1) is 0 Å². The van der Waals surface area contributed by atoms with Crippen LogP contribution in [0.1, 0.15) is 36.5 Å². The Morgan fingerprint density at radius 2 is 2.09 bits per heavy atom. The van der Waals surface area contributed by atoms with Gasteiger partial charge >= 0.3 is 5.97 Å². The third-order valence-electron chi connectivity index (χ3n) is 3.46. The number of carboxylic acids is 1. The van der Waals surface area contributed by atoms with Crippen LogP contribution < -0.4 is 14.8 Å². The topological polar surface area (TPSA) is 84.9 Å². The van der Waals surface area contributed by atoms with Crippen LogP contribution >= 0.6 is 0 Å². The number of nitrogens with one attached hydrogen (secondary N) is 1. The first kappa shape index (κ1) is 16.9. The van der Waals surface area contributed by atoms with Gasteiger partial charge in [0.25, 0.3) is 5.91 Å². The molecule has 23 heavy (non-hydrogen) atoms. The van der Waals surface area contributed by atoms with Crippen LogP contribution in [0.2, 0.25) is 0 Å². The number of amides is 1. The Bertz CT molecular complexity index is 597. The van der Waals surface area contributed by atoms with Crippen molar-refractivity contribution in [3.05, 3.63) is 35.9 Å². The quantitative estimate of drug-likeness (QED) is 0.754. The van der Waals surface area contributed by atoms with E-state index in [0.717, 1.165) is 19.3 Å². The molecule has 0 fully saturated rings. The Morgan fingerprint density at radius 1 is 1.26 bits per heavy atom. The summed E-state index contributed by atoms with van der Waals surface area (Å²) in [6, 6.07) is 4.89. The molecular weight excluding hydrogens is 298 g/mol. The first-order chi connectivity index (χ1) is 11.1. The number of carboxylic acid groups (broad SMARTS) is 1. The Balaban J connectivity index is 2.08. The lowest BCUT2D eigenvalue weighted by Gasteiger charge is -2.19. The maximum Gasteiger partial charge on any atom is 0.341 e. The fraction of sp³-hybridized carbons (Fsp3) is 0.412. The average Bonchev–Trinajstić information content (AvgIpc) is 2.54. The van der Waals surface area contributed by atoms with Crippen LogP contribution in [-0.2, 0) is 4.79 Å². The molecule has 1 amide bonds. The Hall–Kier alpha value is -2.50. The van der Waals surface area contributed by atoms with Crippen LogP contribution in [0.25, 0.3) is 0 Å². The molecule has 0 radical (unpaired) electrons. The minimum absolute atomic E-state index is 0.144. The number of benzene rings is 1. The fourth-order valence-electron chi connectivity index (χ4n) is 2.37. The SMILES string of the molecule is CCOc1cc(C(=O)NC2CC=CCC2)ccc1OCC(=O)O. The Morgan fingerprint density at radius 3 is 2.74 bits per heavy atom. The van der Waals surface area contributed by atoms with Crippen molar-refractivity contribution in [3.8, 4) is 11.5 Å².